The zero-order valence-electron chi connectivity index (χ0n) is 17.8. The van der Waals surface area contributed by atoms with Gasteiger partial charge in [0.1, 0.15) is 5.69 Å². The van der Waals surface area contributed by atoms with Crippen LogP contribution < -0.4 is 0 Å². The molecule has 1 saturated heterocycles. The van der Waals surface area contributed by atoms with Gasteiger partial charge in [0, 0.05) is 44.5 Å². The lowest BCUT2D eigenvalue weighted by atomic mass is 9.73. The molecule has 6 nitrogen and oxygen atoms in total. The lowest BCUT2D eigenvalue weighted by Crippen LogP contribution is -2.54. The molecule has 2 aromatic heterocycles. The maximum Gasteiger partial charge on any atom is 0.274 e. The number of rotatable bonds is 5. The maximum atomic E-state index is 13.3. The number of hydrogen-bond acceptors (Lipinski definition) is 5. The molecule has 0 unspecified atom stereocenters. The van der Waals surface area contributed by atoms with Gasteiger partial charge in [-0.25, -0.2) is 4.98 Å². The minimum atomic E-state index is -0.649. The highest BCUT2D eigenvalue weighted by atomic mass is 32.1. The topological polar surface area (TPSA) is 66.4 Å². The van der Waals surface area contributed by atoms with Crippen LogP contribution in [0.5, 0.6) is 0 Å². The van der Waals surface area contributed by atoms with Crippen molar-refractivity contribution < 1.29 is 9.59 Å². The van der Waals surface area contributed by atoms with Crippen molar-refractivity contribution in [3.63, 3.8) is 0 Å². The van der Waals surface area contributed by atoms with Crippen LogP contribution in [0.3, 0.4) is 0 Å². The lowest BCUT2D eigenvalue weighted by Gasteiger charge is -2.43. The Labute approximate surface area is 186 Å². The van der Waals surface area contributed by atoms with E-state index < -0.39 is 5.41 Å². The minimum Gasteiger partial charge on any atom is -0.348 e. The third-order valence-corrected chi connectivity index (χ3v) is 6.73. The number of thiophene rings is 1. The molecule has 4 rings (SSSR count). The number of likely N-dealkylation sites (tertiary alicyclic amines) is 1. The first kappa shape index (κ1) is 21.2. The van der Waals surface area contributed by atoms with Crippen molar-refractivity contribution in [1.29, 1.82) is 0 Å². The van der Waals surface area contributed by atoms with Gasteiger partial charge in [-0.1, -0.05) is 30.3 Å². The molecular weight excluding hydrogens is 408 g/mol. The van der Waals surface area contributed by atoms with Gasteiger partial charge < -0.3 is 9.80 Å². The standard InChI is InChI=1S/C24H26N4O2S/c1-27(2)23(30)24(15-18-6-8-19(9-7-18)21-5-3-14-31-21)10-4-13-28(17-24)22(29)20-16-25-11-12-26-20/h3,5-9,11-12,14,16H,4,10,13,15,17H2,1-2H3/t24-/m1/s1. The van der Waals surface area contributed by atoms with Crippen molar-refractivity contribution >= 4 is 23.2 Å². The summed E-state index contributed by atoms with van der Waals surface area (Å²) in [6, 6.07) is 12.6. The molecule has 0 aliphatic carbocycles. The SMILES string of the molecule is CN(C)C(=O)[C@@]1(Cc2ccc(-c3cccs3)cc2)CCCN(C(=O)c2cnccn2)C1. The molecule has 31 heavy (non-hydrogen) atoms. The van der Waals surface area contributed by atoms with Crippen molar-refractivity contribution in [1.82, 2.24) is 19.8 Å². The molecule has 0 bridgehead atoms. The summed E-state index contributed by atoms with van der Waals surface area (Å²) in [6.07, 6.45) is 6.67. The Balaban J connectivity index is 1.59. The predicted molar refractivity (Wildman–Crippen MR) is 122 cm³/mol. The highest BCUT2D eigenvalue weighted by Crippen LogP contribution is 2.36. The normalized spacial score (nSPS) is 18.6. The second-order valence-corrected chi connectivity index (χ2v) is 9.20. The zero-order chi connectivity index (χ0) is 21.8. The molecule has 0 N–H and O–H groups in total. The fourth-order valence-electron chi connectivity index (χ4n) is 4.37. The van der Waals surface area contributed by atoms with Gasteiger partial charge in [0.15, 0.2) is 0 Å². The van der Waals surface area contributed by atoms with Crippen molar-refractivity contribution in [2.75, 3.05) is 27.2 Å². The van der Waals surface area contributed by atoms with E-state index in [9.17, 15) is 9.59 Å². The number of hydrogen-bond donors (Lipinski definition) is 0. The fourth-order valence-corrected chi connectivity index (χ4v) is 5.10. The number of nitrogens with zero attached hydrogens (tertiary/aromatic N) is 4. The minimum absolute atomic E-state index is 0.0616. The van der Waals surface area contributed by atoms with E-state index >= 15 is 0 Å². The van der Waals surface area contributed by atoms with Crippen LogP contribution in [-0.4, -0.2) is 58.8 Å². The number of carbonyl (C=O) groups is 2. The fraction of sp³-hybridized carbons (Fsp3) is 0.333. The molecular formula is C24H26N4O2S. The molecule has 7 heteroatoms. The van der Waals surface area contributed by atoms with Gasteiger partial charge in [-0.2, -0.15) is 0 Å². The molecule has 3 heterocycles. The molecule has 1 atom stereocenters. The second kappa shape index (κ2) is 8.98. The zero-order valence-corrected chi connectivity index (χ0v) is 18.6. The summed E-state index contributed by atoms with van der Waals surface area (Å²) in [5, 5.41) is 2.07. The van der Waals surface area contributed by atoms with Gasteiger partial charge in [0.05, 0.1) is 11.6 Å². The van der Waals surface area contributed by atoms with E-state index in [0.717, 1.165) is 18.4 Å². The highest BCUT2D eigenvalue weighted by molar-refractivity contribution is 7.13. The van der Waals surface area contributed by atoms with Crippen LogP contribution in [-0.2, 0) is 11.2 Å². The van der Waals surface area contributed by atoms with Crippen molar-refractivity contribution in [3.05, 3.63) is 71.6 Å². The van der Waals surface area contributed by atoms with Gasteiger partial charge >= 0.3 is 0 Å². The van der Waals surface area contributed by atoms with E-state index in [-0.39, 0.29) is 11.8 Å². The van der Waals surface area contributed by atoms with Crippen LogP contribution in [0, 0.1) is 5.41 Å². The first-order valence-corrected chi connectivity index (χ1v) is 11.3. The molecule has 1 fully saturated rings. The van der Waals surface area contributed by atoms with Crippen LogP contribution in [0.4, 0.5) is 0 Å². The van der Waals surface area contributed by atoms with Gasteiger partial charge in [0.25, 0.3) is 5.91 Å². The van der Waals surface area contributed by atoms with Crippen molar-refractivity contribution in [3.8, 4) is 10.4 Å². The summed E-state index contributed by atoms with van der Waals surface area (Å²) in [4.78, 5) is 39.2. The number of piperidine rings is 1. The Morgan fingerprint density at radius 3 is 2.61 bits per heavy atom. The van der Waals surface area contributed by atoms with Crippen LogP contribution in [0.2, 0.25) is 0 Å². The van der Waals surface area contributed by atoms with Gasteiger partial charge in [-0.3, -0.25) is 14.6 Å². The second-order valence-electron chi connectivity index (χ2n) is 8.25. The molecule has 0 spiro atoms. The summed E-state index contributed by atoms with van der Waals surface area (Å²) in [5.74, 6) is -0.108. The van der Waals surface area contributed by atoms with E-state index in [1.165, 1.54) is 22.8 Å². The van der Waals surface area contributed by atoms with Gasteiger partial charge in [-0.15, -0.1) is 11.3 Å². The van der Waals surface area contributed by atoms with Crippen LogP contribution >= 0.6 is 11.3 Å². The Bertz CT molecular complexity index is 1040. The monoisotopic (exact) mass is 434 g/mol. The average molecular weight is 435 g/mol. The average Bonchev–Trinajstić information content (AvgIpc) is 3.34. The van der Waals surface area contributed by atoms with E-state index in [1.54, 1.807) is 41.4 Å². The molecule has 0 saturated carbocycles. The highest BCUT2D eigenvalue weighted by Gasteiger charge is 2.44. The van der Waals surface area contributed by atoms with Crippen LogP contribution in [0.1, 0.15) is 28.9 Å². The largest absolute Gasteiger partial charge is 0.348 e. The third kappa shape index (κ3) is 4.51. The smallest absolute Gasteiger partial charge is 0.274 e. The molecule has 3 aromatic rings. The molecule has 0 radical (unpaired) electrons. The molecule has 160 valence electrons. The van der Waals surface area contributed by atoms with E-state index in [4.69, 9.17) is 0 Å². The number of aromatic nitrogens is 2. The lowest BCUT2D eigenvalue weighted by molar-refractivity contribution is -0.142. The molecule has 1 aromatic carbocycles. The number of benzene rings is 1. The Morgan fingerprint density at radius 1 is 1.16 bits per heavy atom. The Morgan fingerprint density at radius 2 is 1.97 bits per heavy atom. The Hall–Kier alpha value is -3.06. The van der Waals surface area contributed by atoms with Crippen LogP contribution in [0.15, 0.2) is 60.4 Å². The van der Waals surface area contributed by atoms with E-state index in [1.807, 2.05) is 6.07 Å². The number of carbonyl (C=O) groups excluding carboxylic acids is 2. The number of amides is 2. The van der Waals surface area contributed by atoms with Crippen molar-refractivity contribution in [2.24, 2.45) is 5.41 Å². The summed E-state index contributed by atoms with van der Waals surface area (Å²) in [6.45, 7) is 1.00. The predicted octanol–water partition coefficient (Wildman–Crippen LogP) is 3.76. The van der Waals surface area contributed by atoms with Crippen molar-refractivity contribution in [2.45, 2.75) is 19.3 Å². The quantitative estimate of drug-likeness (QED) is 0.613. The summed E-state index contributed by atoms with van der Waals surface area (Å²) in [5.41, 5.74) is 1.94. The van der Waals surface area contributed by atoms with E-state index in [2.05, 4.69) is 45.7 Å². The summed E-state index contributed by atoms with van der Waals surface area (Å²) >= 11 is 1.71. The maximum absolute atomic E-state index is 13.3. The molecule has 2 amide bonds. The first-order chi connectivity index (χ1) is 15.0. The molecule has 1 aliphatic heterocycles. The summed E-state index contributed by atoms with van der Waals surface area (Å²) < 4.78 is 0. The first-order valence-electron chi connectivity index (χ1n) is 10.4. The van der Waals surface area contributed by atoms with Gasteiger partial charge in [-0.05, 0) is 41.8 Å². The molecule has 1 aliphatic rings. The van der Waals surface area contributed by atoms with E-state index in [0.29, 0.717) is 25.2 Å². The Kier molecular flexibility index (Phi) is 6.13. The van der Waals surface area contributed by atoms with Crippen LogP contribution in [0.25, 0.3) is 10.4 Å². The van der Waals surface area contributed by atoms with Gasteiger partial charge in [0.2, 0.25) is 5.91 Å². The summed E-state index contributed by atoms with van der Waals surface area (Å²) in [7, 11) is 3.57. The third-order valence-electron chi connectivity index (χ3n) is 5.81.